The van der Waals surface area contributed by atoms with Gasteiger partial charge in [-0.2, -0.15) is 0 Å². The van der Waals surface area contributed by atoms with Crippen LogP contribution in [0.5, 0.6) is 0 Å². The summed E-state index contributed by atoms with van der Waals surface area (Å²) in [5.41, 5.74) is 2.33. The second-order valence-corrected chi connectivity index (χ2v) is 6.45. The average Bonchev–Trinajstić information content (AvgIpc) is 2.50. The van der Waals surface area contributed by atoms with Crippen LogP contribution in [-0.2, 0) is 16.6 Å². The molecule has 0 unspecified atom stereocenters. The van der Waals surface area contributed by atoms with Crippen LogP contribution in [-0.4, -0.2) is 12.5 Å². The fourth-order valence-corrected chi connectivity index (χ4v) is 3.31. The SMILES string of the molecule is O=C(Cc1ccccc1Cl)NCC1(c2ccccc2)CCC1. The third-order valence-corrected chi connectivity index (χ3v) is 5.00. The summed E-state index contributed by atoms with van der Waals surface area (Å²) in [6.07, 6.45) is 3.85. The zero-order valence-electron chi connectivity index (χ0n) is 12.5. The molecule has 3 heteroatoms. The molecule has 22 heavy (non-hydrogen) atoms. The summed E-state index contributed by atoms with van der Waals surface area (Å²) in [5.74, 6) is 0.0373. The van der Waals surface area contributed by atoms with Crippen molar-refractivity contribution in [1.82, 2.24) is 5.32 Å². The molecule has 1 fully saturated rings. The minimum Gasteiger partial charge on any atom is -0.355 e. The molecule has 0 aliphatic heterocycles. The molecular formula is C19H20ClNO. The minimum absolute atomic E-state index is 0.0373. The van der Waals surface area contributed by atoms with Gasteiger partial charge in [-0.05, 0) is 30.0 Å². The highest BCUT2D eigenvalue weighted by atomic mass is 35.5. The second kappa shape index (κ2) is 6.53. The first-order valence-corrected chi connectivity index (χ1v) is 8.13. The van der Waals surface area contributed by atoms with Gasteiger partial charge in [-0.3, -0.25) is 4.79 Å². The summed E-state index contributed by atoms with van der Waals surface area (Å²) < 4.78 is 0. The highest BCUT2D eigenvalue weighted by Crippen LogP contribution is 2.43. The average molecular weight is 314 g/mol. The van der Waals surface area contributed by atoms with Crippen LogP contribution in [0.25, 0.3) is 0 Å². The second-order valence-electron chi connectivity index (χ2n) is 6.04. The van der Waals surface area contributed by atoms with Crippen molar-refractivity contribution in [1.29, 1.82) is 0 Å². The summed E-state index contributed by atoms with van der Waals surface area (Å²) >= 11 is 6.11. The standard InChI is InChI=1S/C19H20ClNO/c20-17-10-5-4-7-15(17)13-18(22)21-14-19(11-6-12-19)16-8-2-1-3-9-16/h1-5,7-10H,6,11-14H2,(H,21,22). The van der Waals surface area contributed by atoms with Gasteiger partial charge in [0.1, 0.15) is 0 Å². The van der Waals surface area contributed by atoms with E-state index in [4.69, 9.17) is 11.6 Å². The van der Waals surface area contributed by atoms with Gasteiger partial charge in [-0.1, -0.05) is 66.6 Å². The van der Waals surface area contributed by atoms with Crippen molar-refractivity contribution in [2.75, 3.05) is 6.54 Å². The van der Waals surface area contributed by atoms with E-state index in [2.05, 4.69) is 29.6 Å². The van der Waals surface area contributed by atoms with E-state index in [1.54, 1.807) is 0 Å². The van der Waals surface area contributed by atoms with Gasteiger partial charge in [0.25, 0.3) is 0 Å². The maximum absolute atomic E-state index is 12.2. The van der Waals surface area contributed by atoms with Gasteiger partial charge >= 0.3 is 0 Å². The smallest absolute Gasteiger partial charge is 0.224 e. The quantitative estimate of drug-likeness (QED) is 0.884. The molecule has 2 aromatic carbocycles. The number of benzene rings is 2. The van der Waals surface area contributed by atoms with Crippen molar-refractivity contribution in [3.8, 4) is 0 Å². The summed E-state index contributed by atoms with van der Waals surface area (Å²) in [4.78, 5) is 12.2. The molecule has 1 aliphatic rings. The van der Waals surface area contributed by atoms with Crippen molar-refractivity contribution in [2.45, 2.75) is 31.1 Å². The molecule has 1 N–H and O–H groups in total. The van der Waals surface area contributed by atoms with E-state index in [9.17, 15) is 4.79 Å². The van der Waals surface area contributed by atoms with Crippen molar-refractivity contribution < 1.29 is 4.79 Å². The first-order valence-electron chi connectivity index (χ1n) is 7.75. The zero-order chi connectivity index (χ0) is 15.4. The molecule has 1 saturated carbocycles. The first-order chi connectivity index (χ1) is 10.7. The highest BCUT2D eigenvalue weighted by molar-refractivity contribution is 6.31. The molecule has 0 radical (unpaired) electrons. The Kier molecular flexibility index (Phi) is 4.49. The van der Waals surface area contributed by atoms with Gasteiger partial charge < -0.3 is 5.32 Å². The molecule has 1 aliphatic carbocycles. The Labute approximate surface area is 136 Å². The number of nitrogens with one attached hydrogen (secondary N) is 1. The third kappa shape index (κ3) is 3.17. The minimum atomic E-state index is 0.0373. The van der Waals surface area contributed by atoms with Crippen molar-refractivity contribution in [2.24, 2.45) is 0 Å². The number of carbonyl (C=O) groups is 1. The third-order valence-electron chi connectivity index (χ3n) is 4.63. The number of carbonyl (C=O) groups excluding carboxylic acids is 1. The molecule has 0 spiro atoms. The molecule has 114 valence electrons. The highest BCUT2D eigenvalue weighted by Gasteiger charge is 2.38. The lowest BCUT2D eigenvalue weighted by Gasteiger charge is -2.42. The van der Waals surface area contributed by atoms with E-state index in [-0.39, 0.29) is 11.3 Å². The van der Waals surface area contributed by atoms with Gasteiger partial charge in [0.15, 0.2) is 0 Å². The van der Waals surface area contributed by atoms with Gasteiger partial charge in [0, 0.05) is 17.0 Å². The summed E-state index contributed by atoms with van der Waals surface area (Å²) in [6.45, 7) is 0.709. The molecule has 0 heterocycles. The predicted octanol–water partition coefficient (Wildman–Crippen LogP) is 4.12. The molecule has 0 saturated heterocycles. The number of hydrogen-bond acceptors (Lipinski definition) is 1. The van der Waals surface area contributed by atoms with Gasteiger partial charge in [0.2, 0.25) is 5.91 Å². The molecule has 3 rings (SSSR count). The van der Waals surface area contributed by atoms with Crippen molar-refractivity contribution in [3.63, 3.8) is 0 Å². The van der Waals surface area contributed by atoms with Gasteiger partial charge in [-0.15, -0.1) is 0 Å². The van der Waals surface area contributed by atoms with E-state index >= 15 is 0 Å². The van der Waals surface area contributed by atoms with Crippen LogP contribution in [0.15, 0.2) is 54.6 Å². The van der Waals surface area contributed by atoms with Gasteiger partial charge in [0.05, 0.1) is 6.42 Å². The Balaban J connectivity index is 1.62. The van der Waals surface area contributed by atoms with Crippen LogP contribution in [0.4, 0.5) is 0 Å². The van der Waals surface area contributed by atoms with E-state index < -0.39 is 0 Å². The number of amides is 1. The van der Waals surface area contributed by atoms with Crippen LogP contribution in [0.2, 0.25) is 5.02 Å². The van der Waals surface area contributed by atoms with E-state index in [0.717, 1.165) is 18.4 Å². The Morgan fingerprint density at radius 1 is 1.05 bits per heavy atom. The molecule has 1 amide bonds. The van der Waals surface area contributed by atoms with Crippen LogP contribution < -0.4 is 5.32 Å². The van der Waals surface area contributed by atoms with Gasteiger partial charge in [-0.25, -0.2) is 0 Å². The largest absolute Gasteiger partial charge is 0.355 e. The van der Waals surface area contributed by atoms with Crippen molar-refractivity contribution >= 4 is 17.5 Å². The molecule has 0 aromatic heterocycles. The lowest BCUT2D eigenvalue weighted by molar-refractivity contribution is -0.120. The molecular weight excluding hydrogens is 294 g/mol. The van der Waals surface area contributed by atoms with Crippen LogP contribution in [0.1, 0.15) is 30.4 Å². The number of hydrogen-bond donors (Lipinski definition) is 1. The summed E-state index contributed by atoms with van der Waals surface area (Å²) in [6, 6.07) is 18.0. The molecule has 0 atom stereocenters. The van der Waals surface area contributed by atoms with E-state index in [1.807, 2.05) is 30.3 Å². The number of halogens is 1. The fraction of sp³-hybridized carbons (Fsp3) is 0.316. The van der Waals surface area contributed by atoms with Crippen LogP contribution in [0.3, 0.4) is 0 Å². The normalized spacial score (nSPS) is 15.9. The fourth-order valence-electron chi connectivity index (χ4n) is 3.11. The topological polar surface area (TPSA) is 29.1 Å². The summed E-state index contributed by atoms with van der Waals surface area (Å²) in [5, 5.41) is 3.75. The monoisotopic (exact) mass is 313 g/mol. The Hall–Kier alpha value is -1.80. The molecule has 2 aromatic rings. The lowest BCUT2D eigenvalue weighted by atomic mass is 9.64. The molecule has 2 nitrogen and oxygen atoms in total. The Morgan fingerprint density at radius 3 is 2.36 bits per heavy atom. The van der Waals surface area contributed by atoms with E-state index in [0.29, 0.717) is 18.0 Å². The van der Waals surface area contributed by atoms with Crippen LogP contribution in [0, 0.1) is 0 Å². The zero-order valence-corrected chi connectivity index (χ0v) is 13.3. The number of rotatable bonds is 5. The van der Waals surface area contributed by atoms with E-state index in [1.165, 1.54) is 12.0 Å². The van der Waals surface area contributed by atoms with Crippen molar-refractivity contribution in [3.05, 3.63) is 70.7 Å². The molecule has 0 bridgehead atoms. The predicted molar refractivity (Wildman–Crippen MR) is 90.1 cm³/mol. The Bertz CT molecular complexity index is 649. The van der Waals surface area contributed by atoms with Crippen LogP contribution >= 0.6 is 11.6 Å². The maximum Gasteiger partial charge on any atom is 0.224 e. The Morgan fingerprint density at radius 2 is 1.73 bits per heavy atom. The summed E-state index contributed by atoms with van der Waals surface area (Å²) in [7, 11) is 0. The lowest BCUT2D eigenvalue weighted by Crippen LogP contribution is -2.45. The first kappa shape index (κ1) is 15.1. The maximum atomic E-state index is 12.2.